The second-order valence-corrected chi connectivity index (χ2v) is 5.28. The Morgan fingerprint density at radius 1 is 1.32 bits per heavy atom. The molecule has 0 aliphatic carbocycles. The van der Waals surface area contributed by atoms with Gasteiger partial charge in [0, 0.05) is 11.0 Å². The minimum absolute atomic E-state index is 0.0483. The third-order valence-electron chi connectivity index (χ3n) is 3.75. The van der Waals surface area contributed by atoms with E-state index in [-0.39, 0.29) is 11.2 Å². The predicted molar refractivity (Wildman–Crippen MR) is 70.9 cm³/mol. The largest absolute Gasteiger partial charge is 0.508 e. The molecule has 0 bridgehead atoms. The Hall–Kier alpha value is -1.88. The van der Waals surface area contributed by atoms with Crippen LogP contribution in [0.5, 0.6) is 5.75 Å². The molecule has 1 aromatic carbocycles. The van der Waals surface area contributed by atoms with Crippen LogP contribution < -0.4 is 5.32 Å². The van der Waals surface area contributed by atoms with E-state index in [1.54, 1.807) is 18.2 Å². The highest BCUT2D eigenvalue weighted by Crippen LogP contribution is 2.33. The monoisotopic (exact) mass is 259 g/mol. The van der Waals surface area contributed by atoms with Crippen LogP contribution in [0.1, 0.15) is 25.7 Å². The molecule has 0 unspecified atom stereocenters. The molecule has 0 saturated carbocycles. The Morgan fingerprint density at radius 3 is 2.84 bits per heavy atom. The molecule has 0 atom stereocenters. The second-order valence-electron chi connectivity index (χ2n) is 5.28. The molecule has 1 aromatic heterocycles. The van der Waals surface area contributed by atoms with Gasteiger partial charge in [0.15, 0.2) is 0 Å². The van der Waals surface area contributed by atoms with Crippen molar-refractivity contribution in [3.05, 3.63) is 30.2 Å². The van der Waals surface area contributed by atoms with Crippen molar-refractivity contribution in [1.29, 1.82) is 0 Å². The van der Waals surface area contributed by atoms with E-state index < -0.39 is 0 Å². The lowest BCUT2D eigenvalue weighted by Crippen LogP contribution is -2.37. The molecule has 1 aliphatic rings. The van der Waals surface area contributed by atoms with E-state index in [0.29, 0.717) is 11.7 Å². The normalized spacial score (nSPS) is 18.4. The van der Waals surface area contributed by atoms with Crippen LogP contribution in [0.2, 0.25) is 0 Å². The van der Waals surface area contributed by atoms with Crippen molar-refractivity contribution in [2.24, 2.45) is 0 Å². The second kappa shape index (κ2) is 4.66. The minimum Gasteiger partial charge on any atom is -0.508 e. The van der Waals surface area contributed by atoms with Gasteiger partial charge in [-0.1, -0.05) is 24.2 Å². The number of aromatic hydroxyl groups is 1. The first-order valence-corrected chi connectivity index (χ1v) is 6.52. The van der Waals surface area contributed by atoms with Gasteiger partial charge < -0.3 is 14.9 Å². The number of hydrogen-bond acceptors (Lipinski definition) is 5. The van der Waals surface area contributed by atoms with E-state index in [1.165, 1.54) is 0 Å². The van der Waals surface area contributed by atoms with Crippen molar-refractivity contribution in [2.75, 3.05) is 13.1 Å². The van der Waals surface area contributed by atoms with Crippen molar-refractivity contribution in [2.45, 2.75) is 25.2 Å². The number of rotatable bonds is 2. The molecular formula is C14H17N3O2. The van der Waals surface area contributed by atoms with E-state index in [1.807, 2.05) is 6.07 Å². The molecule has 2 heterocycles. The maximum atomic E-state index is 9.49. The van der Waals surface area contributed by atoms with Crippen LogP contribution in [0.4, 0.5) is 0 Å². The van der Waals surface area contributed by atoms with Crippen LogP contribution in [-0.4, -0.2) is 28.3 Å². The predicted octanol–water partition coefficient (Wildman–Crippen LogP) is 2.08. The summed E-state index contributed by atoms with van der Waals surface area (Å²) in [6.07, 6.45) is 1.99. The Labute approximate surface area is 111 Å². The minimum atomic E-state index is -0.0483. The Kier molecular flexibility index (Phi) is 2.98. The first kappa shape index (κ1) is 12.2. The number of piperidine rings is 1. The Balaban J connectivity index is 1.91. The maximum absolute atomic E-state index is 9.49. The summed E-state index contributed by atoms with van der Waals surface area (Å²) < 4.78 is 5.43. The number of benzene rings is 1. The topological polar surface area (TPSA) is 71.2 Å². The van der Waals surface area contributed by atoms with Crippen molar-refractivity contribution >= 4 is 0 Å². The smallest absolute Gasteiger partial charge is 0.232 e. The summed E-state index contributed by atoms with van der Waals surface area (Å²) >= 11 is 0. The van der Waals surface area contributed by atoms with E-state index in [4.69, 9.17) is 4.52 Å². The summed E-state index contributed by atoms with van der Waals surface area (Å²) in [6.45, 7) is 4.11. The highest BCUT2D eigenvalue weighted by Gasteiger charge is 2.34. The fourth-order valence-electron chi connectivity index (χ4n) is 2.42. The van der Waals surface area contributed by atoms with Crippen LogP contribution in [0.25, 0.3) is 11.4 Å². The highest BCUT2D eigenvalue weighted by molar-refractivity contribution is 5.56. The average molecular weight is 259 g/mol. The van der Waals surface area contributed by atoms with Gasteiger partial charge in [-0.3, -0.25) is 0 Å². The molecule has 3 rings (SSSR count). The van der Waals surface area contributed by atoms with E-state index in [0.717, 1.165) is 31.5 Å². The van der Waals surface area contributed by atoms with Gasteiger partial charge >= 0.3 is 0 Å². The van der Waals surface area contributed by atoms with Crippen molar-refractivity contribution in [1.82, 2.24) is 15.5 Å². The van der Waals surface area contributed by atoms with Crippen molar-refractivity contribution < 1.29 is 9.63 Å². The van der Waals surface area contributed by atoms with Crippen LogP contribution >= 0.6 is 0 Å². The fourth-order valence-corrected chi connectivity index (χ4v) is 2.42. The van der Waals surface area contributed by atoms with Crippen LogP contribution in [0.15, 0.2) is 28.8 Å². The third-order valence-corrected chi connectivity index (χ3v) is 3.75. The van der Waals surface area contributed by atoms with Crippen molar-refractivity contribution in [3.8, 4) is 17.1 Å². The van der Waals surface area contributed by atoms with Gasteiger partial charge in [0.05, 0.1) is 0 Å². The standard InChI is InChI=1S/C14H17N3O2/c1-14(5-7-15-8-6-14)13-16-12(17-19-13)10-3-2-4-11(18)9-10/h2-4,9,15,18H,5-8H2,1H3. The lowest BCUT2D eigenvalue weighted by atomic mass is 9.81. The molecule has 0 spiro atoms. The summed E-state index contributed by atoms with van der Waals surface area (Å²) in [4.78, 5) is 4.50. The lowest BCUT2D eigenvalue weighted by Gasteiger charge is -2.30. The summed E-state index contributed by atoms with van der Waals surface area (Å²) in [5.41, 5.74) is 0.723. The van der Waals surface area contributed by atoms with Gasteiger partial charge in [0.2, 0.25) is 11.7 Å². The number of phenolic OH excluding ortho intramolecular Hbond substituents is 1. The summed E-state index contributed by atoms with van der Waals surface area (Å²) in [7, 11) is 0. The molecule has 2 aromatic rings. The molecule has 2 N–H and O–H groups in total. The summed E-state index contributed by atoms with van der Waals surface area (Å²) in [5, 5.41) is 16.8. The van der Waals surface area contributed by atoms with Crippen molar-refractivity contribution in [3.63, 3.8) is 0 Å². The Morgan fingerprint density at radius 2 is 2.11 bits per heavy atom. The zero-order chi connectivity index (χ0) is 13.3. The number of hydrogen-bond donors (Lipinski definition) is 2. The van der Waals surface area contributed by atoms with Gasteiger partial charge in [0.25, 0.3) is 0 Å². The summed E-state index contributed by atoms with van der Waals surface area (Å²) in [5.74, 6) is 1.43. The van der Waals surface area contributed by atoms with E-state index in [2.05, 4.69) is 22.4 Å². The van der Waals surface area contributed by atoms with Gasteiger partial charge in [-0.2, -0.15) is 4.98 Å². The molecule has 5 nitrogen and oxygen atoms in total. The molecule has 100 valence electrons. The lowest BCUT2D eigenvalue weighted by molar-refractivity contribution is 0.241. The molecule has 0 radical (unpaired) electrons. The van der Waals surface area contributed by atoms with Gasteiger partial charge in [-0.25, -0.2) is 0 Å². The first-order chi connectivity index (χ1) is 9.17. The number of aromatic nitrogens is 2. The highest BCUT2D eigenvalue weighted by atomic mass is 16.5. The van der Waals surface area contributed by atoms with Gasteiger partial charge in [0.1, 0.15) is 5.75 Å². The summed E-state index contributed by atoms with van der Waals surface area (Å²) in [6, 6.07) is 6.89. The fraction of sp³-hybridized carbons (Fsp3) is 0.429. The average Bonchev–Trinajstić information content (AvgIpc) is 2.90. The zero-order valence-corrected chi connectivity index (χ0v) is 10.9. The molecule has 1 aliphatic heterocycles. The molecule has 5 heteroatoms. The molecular weight excluding hydrogens is 242 g/mol. The Bertz CT molecular complexity index is 574. The van der Waals surface area contributed by atoms with Gasteiger partial charge in [-0.05, 0) is 38.1 Å². The third kappa shape index (κ3) is 2.33. The molecule has 0 amide bonds. The quantitative estimate of drug-likeness (QED) is 0.864. The number of nitrogens with one attached hydrogen (secondary N) is 1. The van der Waals surface area contributed by atoms with Crippen LogP contribution in [-0.2, 0) is 5.41 Å². The zero-order valence-electron chi connectivity index (χ0n) is 10.9. The number of nitrogens with zero attached hydrogens (tertiary/aromatic N) is 2. The number of phenols is 1. The molecule has 1 fully saturated rings. The first-order valence-electron chi connectivity index (χ1n) is 6.52. The van der Waals surface area contributed by atoms with Gasteiger partial charge in [-0.15, -0.1) is 0 Å². The SMILES string of the molecule is CC1(c2nc(-c3cccc(O)c3)no2)CCNCC1. The van der Waals surface area contributed by atoms with Crippen LogP contribution in [0, 0.1) is 0 Å². The van der Waals surface area contributed by atoms with Crippen LogP contribution in [0.3, 0.4) is 0 Å². The molecule has 19 heavy (non-hydrogen) atoms. The maximum Gasteiger partial charge on any atom is 0.232 e. The molecule has 1 saturated heterocycles. The van der Waals surface area contributed by atoms with E-state index >= 15 is 0 Å². The van der Waals surface area contributed by atoms with E-state index in [9.17, 15) is 5.11 Å².